The fourth-order valence-electron chi connectivity index (χ4n) is 4.21. The highest BCUT2D eigenvalue weighted by Crippen LogP contribution is 2.30. The molecule has 0 aromatic heterocycles. The molecule has 0 radical (unpaired) electrons. The summed E-state index contributed by atoms with van der Waals surface area (Å²) in [6.07, 6.45) is 7.51. The van der Waals surface area contributed by atoms with Crippen LogP contribution in [0.3, 0.4) is 0 Å². The van der Waals surface area contributed by atoms with Crippen LogP contribution < -0.4 is 10.6 Å². The van der Waals surface area contributed by atoms with Crippen molar-refractivity contribution in [2.75, 3.05) is 13.1 Å². The molecule has 148 valence electrons. The third kappa shape index (κ3) is 5.24. The van der Waals surface area contributed by atoms with Gasteiger partial charge in [0.2, 0.25) is 5.91 Å². The molecule has 1 saturated heterocycles. The summed E-state index contributed by atoms with van der Waals surface area (Å²) in [5.74, 6) is 0.0400. The molecule has 1 aromatic carbocycles. The lowest BCUT2D eigenvalue weighted by Crippen LogP contribution is -2.55. The van der Waals surface area contributed by atoms with Crippen LogP contribution in [0.1, 0.15) is 63.0 Å². The highest BCUT2D eigenvalue weighted by Gasteiger charge is 2.39. The van der Waals surface area contributed by atoms with Crippen LogP contribution in [0.15, 0.2) is 24.3 Å². The number of nitrogens with zero attached hydrogens (tertiary/aromatic N) is 1. The van der Waals surface area contributed by atoms with Gasteiger partial charge in [-0.3, -0.25) is 4.79 Å². The van der Waals surface area contributed by atoms with E-state index in [1.165, 1.54) is 24.8 Å². The second kappa shape index (κ2) is 8.77. The lowest BCUT2D eigenvalue weighted by atomic mass is 9.81. The Bertz CT molecular complexity index is 652. The summed E-state index contributed by atoms with van der Waals surface area (Å²) in [7, 11) is 0. The number of hydrogen-bond donors (Lipinski definition) is 2. The van der Waals surface area contributed by atoms with Gasteiger partial charge in [-0.1, -0.05) is 49.1 Å². The third-order valence-corrected chi connectivity index (χ3v) is 6.04. The van der Waals surface area contributed by atoms with Crippen molar-refractivity contribution < 1.29 is 9.59 Å². The first-order valence-electron chi connectivity index (χ1n) is 10.4. The number of hydrogen-bond acceptors (Lipinski definition) is 2. The van der Waals surface area contributed by atoms with Crippen LogP contribution in [0, 0.1) is 12.3 Å². The third-order valence-electron chi connectivity index (χ3n) is 6.04. The molecule has 27 heavy (non-hydrogen) atoms. The van der Waals surface area contributed by atoms with Crippen LogP contribution in [-0.4, -0.2) is 36.0 Å². The summed E-state index contributed by atoms with van der Waals surface area (Å²) < 4.78 is 0. The van der Waals surface area contributed by atoms with Gasteiger partial charge in [-0.2, -0.15) is 0 Å². The zero-order chi connectivity index (χ0) is 19.3. The highest BCUT2D eigenvalue weighted by molar-refractivity contribution is 5.84. The number of likely N-dealkylation sites (tertiary alicyclic amines) is 1. The average Bonchev–Trinajstić information content (AvgIpc) is 2.68. The second-order valence-electron chi connectivity index (χ2n) is 8.54. The van der Waals surface area contributed by atoms with E-state index in [1.54, 1.807) is 0 Å². The molecule has 1 aliphatic carbocycles. The summed E-state index contributed by atoms with van der Waals surface area (Å²) in [4.78, 5) is 27.4. The molecule has 0 spiro atoms. The van der Waals surface area contributed by atoms with Crippen LogP contribution in [0.5, 0.6) is 0 Å². The Balaban J connectivity index is 1.53. The Hall–Kier alpha value is -2.04. The van der Waals surface area contributed by atoms with Gasteiger partial charge in [0.05, 0.1) is 5.41 Å². The van der Waals surface area contributed by atoms with Gasteiger partial charge >= 0.3 is 6.03 Å². The summed E-state index contributed by atoms with van der Waals surface area (Å²) >= 11 is 0. The topological polar surface area (TPSA) is 61.4 Å². The lowest BCUT2D eigenvalue weighted by Gasteiger charge is -2.40. The number of rotatable bonds is 4. The van der Waals surface area contributed by atoms with E-state index in [4.69, 9.17) is 0 Å². The van der Waals surface area contributed by atoms with Crippen molar-refractivity contribution in [1.29, 1.82) is 0 Å². The second-order valence-corrected chi connectivity index (χ2v) is 8.54. The fourth-order valence-corrected chi connectivity index (χ4v) is 4.21. The minimum Gasteiger partial charge on any atom is -0.351 e. The minimum atomic E-state index is -0.521. The molecule has 0 bridgehead atoms. The van der Waals surface area contributed by atoms with Crippen LogP contribution in [0.2, 0.25) is 0 Å². The molecule has 2 aliphatic rings. The van der Waals surface area contributed by atoms with Gasteiger partial charge < -0.3 is 15.5 Å². The van der Waals surface area contributed by atoms with Gasteiger partial charge in [-0.15, -0.1) is 0 Å². The first-order chi connectivity index (χ1) is 13.0. The van der Waals surface area contributed by atoms with E-state index in [1.807, 2.05) is 24.0 Å². The summed E-state index contributed by atoms with van der Waals surface area (Å²) in [6.45, 7) is 5.80. The minimum absolute atomic E-state index is 0.000778. The number of benzene rings is 1. The Labute approximate surface area is 162 Å². The van der Waals surface area contributed by atoms with Crippen molar-refractivity contribution in [3.05, 3.63) is 35.4 Å². The van der Waals surface area contributed by atoms with Crippen molar-refractivity contribution in [2.45, 2.75) is 71.4 Å². The van der Waals surface area contributed by atoms with Crippen LogP contribution in [0.4, 0.5) is 4.79 Å². The van der Waals surface area contributed by atoms with Crippen molar-refractivity contribution >= 4 is 11.9 Å². The average molecular weight is 372 g/mol. The molecule has 3 amide bonds. The number of nitrogens with one attached hydrogen (secondary N) is 2. The molecule has 0 unspecified atom stereocenters. The number of carbonyl (C=O) groups is 2. The molecule has 3 rings (SSSR count). The summed E-state index contributed by atoms with van der Waals surface area (Å²) in [5, 5.41) is 6.26. The molecule has 2 fully saturated rings. The summed E-state index contributed by atoms with van der Waals surface area (Å²) in [5.41, 5.74) is 1.79. The normalized spacial score (nSPS) is 23.7. The smallest absolute Gasteiger partial charge is 0.317 e. The predicted molar refractivity (Wildman–Crippen MR) is 107 cm³/mol. The van der Waals surface area contributed by atoms with Gasteiger partial charge in [0.1, 0.15) is 0 Å². The number of urea groups is 1. The standard InChI is InChI=1S/C22H33N3O2/c1-17-9-11-18(12-10-17)15-23-20(26)22(2)13-6-14-25(16-22)21(27)24-19-7-4-3-5-8-19/h9-12,19H,3-8,13-16H2,1-2H3,(H,23,26)(H,24,27)/t22-/m1/s1. The van der Waals surface area contributed by atoms with E-state index < -0.39 is 5.41 Å². The van der Waals surface area contributed by atoms with Gasteiger partial charge in [0.15, 0.2) is 0 Å². The maximum Gasteiger partial charge on any atom is 0.317 e. The molecular formula is C22H33N3O2. The van der Waals surface area contributed by atoms with Crippen molar-refractivity contribution in [3.63, 3.8) is 0 Å². The van der Waals surface area contributed by atoms with E-state index in [2.05, 4.69) is 29.7 Å². The molecule has 1 heterocycles. The van der Waals surface area contributed by atoms with Gasteiger partial charge in [-0.25, -0.2) is 4.79 Å². The van der Waals surface area contributed by atoms with Crippen LogP contribution in [0.25, 0.3) is 0 Å². The lowest BCUT2D eigenvalue weighted by molar-refractivity contribution is -0.132. The molecule has 1 aromatic rings. The van der Waals surface area contributed by atoms with E-state index in [9.17, 15) is 9.59 Å². The maximum absolute atomic E-state index is 12.8. The van der Waals surface area contributed by atoms with Gasteiger partial charge in [-0.05, 0) is 45.1 Å². The molecule has 1 saturated carbocycles. The first kappa shape index (κ1) is 19.7. The molecule has 1 aliphatic heterocycles. The number of carbonyl (C=O) groups excluding carboxylic acids is 2. The van der Waals surface area contributed by atoms with E-state index >= 15 is 0 Å². The van der Waals surface area contributed by atoms with E-state index in [0.717, 1.165) is 37.8 Å². The SMILES string of the molecule is Cc1ccc(CNC(=O)[C@]2(C)CCCN(C(=O)NC3CCCCC3)C2)cc1. The van der Waals surface area contributed by atoms with Gasteiger partial charge in [0, 0.05) is 25.7 Å². The Kier molecular flexibility index (Phi) is 6.40. The Morgan fingerprint density at radius 1 is 1.11 bits per heavy atom. The number of aryl methyl sites for hydroxylation is 1. The zero-order valence-electron chi connectivity index (χ0n) is 16.7. The molecular weight excluding hydrogens is 338 g/mol. The predicted octanol–water partition coefficient (Wildman–Crippen LogP) is 3.76. The number of piperidine rings is 1. The van der Waals surface area contributed by atoms with E-state index in [-0.39, 0.29) is 11.9 Å². The highest BCUT2D eigenvalue weighted by atomic mass is 16.2. The monoisotopic (exact) mass is 371 g/mol. The summed E-state index contributed by atoms with van der Waals surface area (Å²) in [6, 6.07) is 8.50. The van der Waals surface area contributed by atoms with Crippen molar-refractivity contribution in [2.24, 2.45) is 5.41 Å². The van der Waals surface area contributed by atoms with Crippen LogP contribution >= 0.6 is 0 Å². The Morgan fingerprint density at radius 3 is 2.52 bits per heavy atom. The van der Waals surface area contributed by atoms with Crippen molar-refractivity contribution in [3.8, 4) is 0 Å². The maximum atomic E-state index is 12.8. The molecule has 2 N–H and O–H groups in total. The number of amides is 3. The first-order valence-corrected chi connectivity index (χ1v) is 10.4. The molecule has 5 heteroatoms. The zero-order valence-corrected chi connectivity index (χ0v) is 16.7. The molecule has 5 nitrogen and oxygen atoms in total. The quantitative estimate of drug-likeness (QED) is 0.847. The van der Waals surface area contributed by atoms with Gasteiger partial charge in [0.25, 0.3) is 0 Å². The molecule has 1 atom stereocenters. The Morgan fingerprint density at radius 2 is 1.81 bits per heavy atom. The fraction of sp³-hybridized carbons (Fsp3) is 0.636. The van der Waals surface area contributed by atoms with Crippen LogP contribution in [-0.2, 0) is 11.3 Å². The van der Waals surface area contributed by atoms with Crippen molar-refractivity contribution in [1.82, 2.24) is 15.5 Å². The van der Waals surface area contributed by atoms with E-state index in [0.29, 0.717) is 19.1 Å². The largest absolute Gasteiger partial charge is 0.351 e.